The lowest BCUT2D eigenvalue weighted by atomic mass is 9.48. The Morgan fingerprint density at radius 2 is 1.73 bits per heavy atom. The van der Waals surface area contributed by atoms with Crippen LogP contribution in [0.1, 0.15) is 75.3 Å². The Hall–Kier alpha value is -3.10. The first-order valence-electron chi connectivity index (χ1n) is 14.7. The van der Waals surface area contributed by atoms with Gasteiger partial charge >= 0.3 is 6.36 Å². The number of nitrogens with zero attached hydrogens (tertiary/aromatic N) is 3. The lowest BCUT2D eigenvalue weighted by Crippen LogP contribution is -2.58. The summed E-state index contributed by atoms with van der Waals surface area (Å²) in [6.45, 7) is 0.751. The number of nitriles is 1. The number of hydrogen-bond donors (Lipinski definition) is 4. The van der Waals surface area contributed by atoms with E-state index in [-0.39, 0.29) is 23.7 Å². The highest BCUT2D eigenvalue weighted by Gasteiger charge is 2.54. The zero-order valence-corrected chi connectivity index (χ0v) is 23.3. The summed E-state index contributed by atoms with van der Waals surface area (Å²) in [6.07, 6.45) is 9.13. The highest BCUT2D eigenvalue weighted by molar-refractivity contribution is 5.53. The quantitative estimate of drug-likeness (QED) is 0.332. The predicted molar refractivity (Wildman–Crippen MR) is 151 cm³/mol. The minimum atomic E-state index is -4.78. The smallest absolute Gasteiger partial charge is 0.405 e. The van der Waals surface area contributed by atoms with E-state index in [0.717, 1.165) is 25.3 Å². The number of halogens is 3. The minimum Gasteiger partial charge on any atom is -0.405 e. The average Bonchev–Trinajstić information content (AvgIpc) is 2.94. The first kappa shape index (κ1) is 29.4. The lowest BCUT2D eigenvalue weighted by molar-refractivity contribution is -0.274. The standard InChI is InChI=1S/C24H27F3N6O.C6H13N/c25-24(26,27)34-19-4-2-1-3-15(19)11-30-22-31-12-18(10-28)21(33-22)32-13-23-7-14-5-16(8-23)20(29)17(6-14)9-23;7-6-4-2-1-3-5-6/h1-4,12,14,16-17,20H,5-9,11,13,29H2,(H2,30,31,32,33);6H,1-5,7H2. The van der Waals surface area contributed by atoms with Crippen molar-refractivity contribution in [1.29, 1.82) is 5.26 Å². The molecule has 222 valence electrons. The number of nitrogens with one attached hydrogen (secondary N) is 2. The van der Waals surface area contributed by atoms with Gasteiger partial charge in [0.15, 0.2) is 0 Å². The number of ether oxygens (including phenoxy) is 1. The number of para-hydroxylation sites is 1. The van der Waals surface area contributed by atoms with E-state index in [0.29, 0.717) is 40.9 Å². The molecule has 5 saturated carbocycles. The topological polar surface area (TPSA) is 135 Å². The molecular formula is C30H40F3N7O. The molecule has 2 atom stereocenters. The van der Waals surface area contributed by atoms with Crippen molar-refractivity contribution in [3.63, 3.8) is 0 Å². The van der Waals surface area contributed by atoms with Gasteiger partial charge in [-0.05, 0) is 74.2 Å². The maximum Gasteiger partial charge on any atom is 0.573 e. The zero-order valence-electron chi connectivity index (χ0n) is 23.3. The van der Waals surface area contributed by atoms with Crippen molar-refractivity contribution in [2.45, 2.75) is 89.2 Å². The first-order chi connectivity index (χ1) is 19.6. The van der Waals surface area contributed by atoms with E-state index >= 15 is 0 Å². The second-order valence-electron chi connectivity index (χ2n) is 12.4. The van der Waals surface area contributed by atoms with Gasteiger partial charge in [0, 0.05) is 30.7 Å². The highest BCUT2D eigenvalue weighted by Crippen LogP contribution is 2.59. The van der Waals surface area contributed by atoms with E-state index in [2.05, 4.69) is 31.4 Å². The summed E-state index contributed by atoms with van der Waals surface area (Å²) in [5.74, 6) is 2.25. The van der Waals surface area contributed by atoms with Crippen LogP contribution >= 0.6 is 0 Å². The number of aromatic nitrogens is 2. The molecule has 5 fully saturated rings. The SMILES string of the molecule is N#Cc1cnc(NCc2ccccc2OC(F)(F)F)nc1NCC12CC3CC(C1)C(N)C(C3)C2.NC1CCCCC1. The fourth-order valence-corrected chi connectivity index (χ4v) is 7.59. The fraction of sp³-hybridized carbons (Fsp3) is 0.633. The van der Waals surface area contributed by atoms with Crippen LogP contribution in [0.5, 0.6) is 5.75 Å². The summed E-state index contributed by atoms with van der Waals surface area (Å²) < 4.78 is 42.1. The molecule has 7 rings (SSSR count). The number of anilines is 2. The van der Waals surface area contributed by atoms with Gasteiger partial charge in [-0.1, -0.05) is 37.5 Å². The van der Waals surface area contributed by atoms with Crippen molar-refractivity contribution in [3.05, 3.63) is 41.6 Å². The Kier molecular flexibility index (Phi) is 8.90. The maximum absolute atomic E-state index is 12.7. The van der Waals surface area contributed by atoms with Crippen LogP contribution in [0.3, 0.4) is 0 Å². The normalized spacial score (nSPS) is 28.8. The average molecular weight is 572 g/mol. The van der Waals surface area contributed by atoms with Gasteiger partial charge in [-0.15, -0.1) is 13.2 Å². The highest BCUT2D eigenvalue weighted by atomic mass is 19.4. The largest absolute Gasteiger partial charge is 0.573 e. The molecule has 0 aliphatic heterocycles. The van der Waals surface area contributed by atoms with Gasteiger partial charge in [0.25, 0.3) is 0 Å². The van der Waals surface area contributed by atoms with Gasteiger partial charge in [0.2, 0.25) is 5.95 Å². The summed E-state index contributed by atoms with van der Waals surface area (Å²) >= 11 is 0. The molecule has 11 heteroatoms. The van der Waals surface area contributed by atoms with Gasteiger partial charge in [0.05, 0.1) is 6.20 Å². The summed E-state index contributed by atoms with van der Waals surface area (Å²) in [5.41, 5.74) is 12.9. The number of benzene rings is 1. The number of alkyl halides is 3. The fourth-order valence-electron chi connectivity index (χ4n) is 7.59. The van der Waals surface area contributed by atoms with Crippen LogP contribution < -0.4 is 26.8 Å². The van der Waals surface area contributed by atoms with Gasteiger partial charge in [-0.25, -0.2) is 4.98 Å². The van der Waals surface area contributed by atoms with Crippen LogP contribution in [-0.4, -0.2) is 35.0 Å². The van der Waals surface area contributed by atoms with Crippen LogP contribution in [0.25, 0.3) is 0 Å². The molecule has 0 amide bonds. The van der Waals surface area contributed by atoms with E-state index in [9.17, 15) is 18.4 Å². The van der Waals surface area contributed by atoms with E-state index < -0.39 is 6.36 Å². The van der Waals surface area contributed by atoms with Gasteiger partial charge in [0.1, 0.15) is 23.2 Å². The Labute approximate surface area is 239 Å². The van der Waals surface area contributed by atoms with Crippen LogP contribution in [0.2, 0.25) is 0 Å². The molecule has 1 heterocycles. The van der Waals surface area contributed by atoms with Crippen molar-refractivity contribution < 1.29 is 17.9 Å². The molecule has 41 heavy (non-hydrogen) atoms. The predicted octanol–water partition coefficient (Wildman–Crippen LogP) is 5.70. The van der Waals surface area contributed by atoms with Gasteiger partial charge in [-0.2, -0.15) is 10.2 Å². The van der Waals surface area contributed by atoms with E-state index in [1.165, 1.54) is 75.8 Å². The summed E-state index contributed by atoms with van der Waals surface area (Å²) in [5, 5.41) is 15.9. The molecule has 6 N–H and O–H groups in total. The zero-order chi connectivity index (χ0) is 29.0. The van der Waals surface area contributed by atoms with Crippen molar-refractivity contribution in [2.75, 3.05) is 17.2 Å². The van der Waals surface area contributed by atoms with Crippen molar-refractivity contribution >= 4 is 11.8 Å². The molecule has 1 aromatic carbocycles. The summed E-state index contributed by atoms with van der Waals surface area (Å²) in [6, 6.07) is 8.86. The third kappa shape index (κ3) is 7.41. The second kappa shape index (κ2) is 12.4. The van der Waals surface area contributed by atoms with Crippen LogP contribution in [0.15, 0.2) is 30.5 Å². The van der Waals surface area contributed by atoms with Crippen molar-refractivity contribution in [2.24, 2.45) is 34.6 Å². The Morgan fingerprint density at radius 1 is 1.02 bits per heavy atom. The molecule has 0 radical (unpaired) electrons. The monoisotopic (exact) mass is 571 g/mol. The third-order valence-corrected chi connectivity index (χ3v) is 9.30. The molecule has 1 aromatic heterocycles. The molecular weight excluding hydrogens is 531 g/mol. The molecule has 5 aliphatic rings. The molecule has 0 spiro atoms. The lowest BCUT2D eigenvalue weighted by Gasteiger charge is -2.59. The number of hydrogen-bond acceptors (Lipinski definition) is 8. The summed E-state index contributed by atoms with van der Waals surface area (Å²) in [7, 11) is 0. The van der Waals surface area contributed by atoms with Crippen LogP contribution in [0.4, 0.5) is 24.9 Å². The van der Waals surface area contributed by atoms with Crippen LogP contribution in [0, 0.1) is 34.5 Å². The van der Waals surface area contributed by atoms with Crippen molar-refractivity contribution in [1.82, 2.24) is 9.97 Å². The number of nitrogens with two attached hydrogens (primary N) is 2. The number of rotatable bonds is 7. The van der Waals surface area contributed by atoms with Gasteiger partial charge < -0.3 is 26.8 Å². The Bertz CT molecular complexity index is 1210. The summed E-state index contributed by atoms with van der Waals surface area (Å²) in [4.78, 5) is 8.60. The van der Waals surface area contributed by atoms with Crippen molar-refractivity contribution in [3.8, 4) is 11.8 Å². The first-order valence-corrected chi connectivity index (χ1v) is 14.7. The maximum atomic E-state index is 12.7. The molecule has 2 unspecified atom stereocenters. The molecule has 4 bridgehead atoms. The van der Waals surface area contributed by atoms with E-state index in [1.807, 2.05) is 0 Å². The molecule has 5 aliphatic carbocycles. The molecule has 8 nitrogen and oxygen atoms in total. The van der Waals surface area contributed by atoms with E-state index in [1.54, 1.807) is 6.07 Å². The molecule has 0 saturated heterocycles. The minimum absolute atomic E-state index is 0.0322. The van der Waals surface area contributed by atoms with E-state index in [4.69, 9.17) is 11.5 Å². The second-order valence-corrected chi connectivity index (χ2v) is 12.4. The Morgan fingerprint density at radius 3 is 2.37 bits per heavy atom. The third-order valence-electron chi connectivity index (χ3n) is 9.30. The molecule has 2 aromatic rings. The van der Waals surface area contributed by atoms with Crippen LogP contribution in [-0.2, 0) is 6.54 Å². The van der Waals surface area contributed by atoms with Gasteiger partial charge in [-0.3, -0.25) is 0 Å². The Balaban J connectivity index is 0.000000423.